The highest BCUT2D eigenvalue weighted by Crippen LogP contribution is 2.20. The van der Waals surface area contributed by atoms with Crippen molar-refractivity contribution < 1.29 is 8.42 Å². The standard InChI is InChI=1S/C16H26ClNO2S/c1-13(2)11-18-12-14(8-9-21(3,19)20)10-15-6-4-5-7-16(15)17/h4-7,13-14,18H,8-12H2,1-3H3. The van der Waals surface area contributed by atoms with Gasteiger partial charge in [0.2, 0.25) is 0 Å². The molecule has 0 amide bonds. The average Bonchev–Trinajstić information content (AvgIpc) is 2.37. The summed E-state index contributed by atoms with van der Waals surface area (Å²) < 4.78 is 22.8. The number of halogens is 1. The van der Waals surface area contributed by atoms with E-state index in [0.29, 0.717) is 12.3 Å². The van der Waals surface area contributed by atoms with Crippen LogP contribution in [0.25, 0.3) is 0 Å². The van der Waals surface area contributed by atoms with Gasteiger partial charge in [0.1, 0.15) is 9.84 Å². The lowest BCUT2D eigenvalue weighted by atomic mass is 9.96. The van der Waals surface area contributed by atoms with Crippen LogP contribution in [-0.4, -0.2) is 33.5 Å². The van der Waals surface area contributed by atoms with Crippen molar-refractivity contribution in [3.63, 3.8) is 0 Å². The first-order valence-corrected chi connectivity index (χ1v) is 9.83. The highest BCUT2D eigenvalue weighted by molar-refractivity contribution is 7.90. The van der Waals surface area contributed by atoms with Crippen LogP contribution in [0, 0.1) is 11.8 Å². The van der Waals surface area contributed by atoms with Crippen molar-refractivity contribution in [2.45, 2.75) is 26.7 Å². The minimum atomic E-state index is -2.92. The summed E-state index contributed by atoms with van der Waals surface area (Å²) in [6.45, 7) is 6.08. The molecule has 1 aromatic rings. The van der Waals surface area contributed by atoms with Crippen LogP contribution in [0.15, 0.2) is 24.3 Å². The maximum atomic E-state index is 11.4. The zero-order valence-electron chi connectivity index (χ0n) is 13.1. The fraction of sp³-hybridized carbons (Fsp3) is 0.625. The lowest BCUT2D eigenvalue weighted by molar-refractivity contribution is 0.437. The van der Waals surface area contributed by atoms with Crippen molar-refractivity contribution in [3.05, 3.63) is 34.9 Å². The third-order valence-corrected chi connectivity index (χ3v) is 4.69. The van der Waals surface area contributed by atoms with Crippen molar-refractivity contribution in [3.8, 4) is 0 Å². The number of sulfone groups is 1. The Balaban J connectivity index is 2.64. The molecule has 0 spiro atoms. The average molecular weight is 332 g/mol. The van der Waals surface area contributed by atoms with Crippen molar-refractivity contribution in [2.24, 2.45) is 11.8 Å². The number of rotatable bonds is 9. The minimum absolute atomic E-state index is 0.228. The Hall–Kier alpha value is -0.580. The molecule has 1 unspecified atom stereocenters. The van der Waals surface area contributed by atoms with Gasteiger partial charge in [-0.15, -0.1) is 0 Å². The summed E-state index contributed by atoms with van der Waals surface area (Å²) in [4.78, 5) is 0. The number of hydrogen-bond donors (Lipinski definition) is 1. The number of nitrogens with one attached hydrogen (secondary N) is 1. The van der Waals surface area contributed by atoms with Gasteiger partial charge in [0.25, 0.3) is 0 Å². The van der Waals surface area contributed by atoms with Gasteiger partial charge in [-0.3, -0.25) is 0 Å². The molecule has 1 N–H and O–H groups in total. The zero-order chi connectivity index (χ0) is 15.9. The quantitative estimate of drug-likeness (QED) is 0.756. The summed E-state index contributed by atoms with van der Waals surface area (Å²) >= 11 is 6.20. The van der Waals surface area contributed by atoms with Gasteiger partial charge < -0.3 is 5.32 Å². The van der Waals surface area contributed by atoms with Crippen LogP contribution < -0.4 is 5.32 Å². The zero-order valence-corrected chi connectivity index (χ0v) is 14.7. The van der Waals surface area contributed by atoms with E-state index in [4.69, 9.17) is 11.6 Å². The number of benzene rings is 1. The Morgan fingerprint density at radius 3 is 2.43 bits per heavy atom. The molecule has 0 aliphatic carbocycles. The van der Waals surface area contributed by atoms with Crippen molar-refractivity contribution in [2.75, 3.05) is 25.1 Å². The third kappa shape index (κ3) is 8.44. The third-order valence-electron chi connectivity index (χ3n) is 3.35. The van der Waals surface area contributed by atoms with E-state index in [-0.39, 0.29) is 11.7 Å². The molecular formula is C16H26ClNO2S. The molecule has 0 radical (unpaired) electrons. The Morgan fingerprint density at radius 2 is 1.86 bits per heavy atom. The SMILES string of the molecule is CC(C)CNCC(CCS(C)(=O)=O)Cc1ccccc1Cl. The molecule has 0 aromatic heterocycles. The van der Waals surface area contributed by atoms with E-state index in [2.05, 4.69) is 19.2 Å². The molecular weight excluding hydrogens is 306 g/mol. The second-order valence-electron chi connectivity index (χ2n) is 6.13. The van der Waals surface area contributed by atoms with E-state index in [0.717, 1.165) is 30.1 Å². The summed E-state index contributed by atoms with van der Waals surface area (Å²) in [5.41, 5.74) is 1.09. The van der Waals surface area contributed by atoms with E-state index in [9.17, 15) is 8.42 Å². The van der Waals surface area contributed by atoms with Crippen molar-refractivity contribution in [1.29, 1.82) is 0 Å². The maximum absolute atomic E-state index is 11.4. The monoisotopic (exact) mass is 331 g/mol. The molecule has 21 heavy (non-hydrogen) atoms. The van der Waals surface area contributed by atoms with Gasteiger partial charge in [-0.25, -0.2) is 8.42 Å². The van der Waals surface area contributed by atoms with Crippen LogP contribution in [0.2, 0.25) is 5.02 Å². The molecule has 5 heteroatoms. The predicted molar refractivity (Wildman–Crippen MR) is 90.7 cm³/mol. The Kier molecular flexibility index (Phi) is 7.71. The molecule has 120 valence electrons. The Morgan fingerprint density at radius 1 is 1.19 bits per heavy atom. The van der Waals surface area contributed by atoms with Crippen molar-refractivity contribution >= 4 is 21.4 Å². The molecule has 0 bridgehead atoms. The first-order valence-electron chi connectivity index (χ1n) is 7.39. The lowest BCUT2D eigenvalue weighted by Gasteiger charge is -2.19. The largest absolute Gasteiger partial charge is 0.316 e. The molecule has 0 heterocycles. The van der Waals surface area contributed by atoms with Gasteiger partial charge in [0, 0.05) is 11.3 Å². The van der Waals surface area contributed by atoms with Crippen LogP contribution in [-0.2, 0) is 16.3 Å². The number of hydrogen-bond acceptors (Lipinski definition) is 3. The van der Waals surface area contributed by atoms with E-state index in [1.165, 1.54) is 6.26 Å². The van der Waals surface area contributed by atoms with Crippen LogP contribution in [0.4, 0.5) is 0 Å². The van der Waals surface area contributed by atoms with Crippen LogP contribution in [0.5, 0.6) is 0 Å². The molecule has 0 saturated carbocycles. The first-order chi connectivity index (χ1) is 9.78. The fourth-order valence-corrected chi connectivity index (χ4v) is 3.18. The second-order valence-corrected chi connectivity index (χ2v) is 8.80. The van der Waals surface area contributed by atoms with E-state index < -0.39 is 9.84 Å². The van der Waals surface area contributed by atoms with Crippen LogP contribution in [0.1, 0.15) is 25.8 Å². The van der Waals surface area contributed by atoms with Gasteiger partial charge in [-0.1, -0.05) is 43.6 Å². The van der Waals surface area contributed by atoms with Crippen molar-refractivity contribution in [1.82, 2.24) is 5.32 Å². The Bertz CT molecular complexity index is 529. The molecule has 0 aliphatic heterocycles. The molecule has 0 saturated heterocycles. The normalized spacial score (nSPS) is 13.6. The summed E-state index contributed by atoms with van der Waals surface area (Å²) in [6, 6.07) is 7.77. The topological polar surface area (TPSA) is 46.2 Å². The summed E-state index contributed by atoms with van der Waals surface area (Å²) in [5, 5.41) is 4.18. The molecule has 1 atom stereocenters. The molecule has 1 aromatic carbocycles. The minimum Gasteiger partial charge on any atom is -0.316 e. The second kappa shape index (κ2) is 8.76. The van der Waals surface area contributed by atoms with E-state index in [1.807, 2.05) is 24.3 Å². The maximum Gasteiger partial charge on any atom is 0.147 e. The van der Waals surface area contributed by atoms with Gasteiger partial charge in [0.15, 0.2) is 0 Å². The highest BCUT2D eigenvalue weighted by atomic mass is 35.5. The van der Waals surface area contributed by atoms with E-state index >= 15 is 0 Å². The first kappa shape index (κ1) is 18.5. The highest BCUT2D eigenvalue weighted by Gasteiger charge is 2.14. The molecule has 0 fully saturated rings. The van der Waals surface area contributed by atoms with Gasteiger partial charge >= 0.3 is 0 Å². The predicted octanol–water partition coefficient (Wildman–Crippen LogP) is 3.18. The smallest absolute Gasteiger partial charge is 0.147 e. The van der Waals surface area contributed by atoms with Crippen LogP contribution >= 0.6 is 11.6 Å². The molecule has 3 nitrogen and oxygen atoms in total. The van der Waals surface area contributed by atoms with Crippen LogP contribution in [0.3, 0.4) is 0 Å². The lowest BCUT2D eigenvalue weighted by Crippen LogP contribution is -2.29. The fourth-order valence-electron chi connectivity index (χ4n) is 2.21. The van der Waals surface area contributed by atoms with Gasteiger partial charge in [0.05, 0.1) is 5.75 Å². The Labute approximate surface area is 134 Å². The summed E-state index contributed by atoms with van der Waals surface area (Å²) in [7, 11) is -2.92. The molecule has 0 aliphatic rings. The van der Waals surface area contributed by atoms with E-state index in [1.54, 1.807) is 0 Å². The van der Waals surface area contributed by atoms with Gasteiger partial charge in [-0.05, 0) is 49.4 Å². The summed E-state index contributed by atoms with van der Waals surface area (Å²) in [5.74, 6) is 1.09. The summed E-state index contributed by atoms with van der Waals surface area (Å²) in [6.07, 6.45) is 2.76. The van der Waals surface area contributed by atoms with Gasteiger partial charge in [-0.2, -0.15) is 0 Å². The molecule has 1 rings (SSSR count).